The van der Waals surface area contributed by atoms with Gasteiger partial charge in [0, 0.05) is 19.6 Å². The third kappa shape index (κ3) is 4.48. The fourth-order valence-electron chi connectivity index (χ4n) is 2.31. The van der Waals surface area contributed by atoms with Gasteiger partial charge in [0.15, 0.2) is 0 Å². The number of alkyl halides is 2. The third-order valence-electron chi connectivity index (χ3n) is 3.37. The van der Waals surface area contributed by atoms with E-state index in [2.05, 4.69) is 18.7 Å². The molecule has 110 valence electrons. The highest BCUT2D eigenvalue weighted by Crippen LogP contribution is 2.53. The fraction of sp³-hybridized carbons (Fsp3) is 0.923. The number of morpholine rings is 1. The number of hydrogen-bond donors (Lipinski definition) is 0. The van der Waals surface area contributed by atoms with Gasteiger partial charge in [0.25, 0.3) is 0 Å². The third-order valence-corrected chi connectivity index (χ3v) is 4.20. The quantitative estimate of drug-likeness (QED) is 0.576. The van der Waals surface area contributed by atoms with Gasteiger partial charge in [0.2, 0.25) is 0 Å². The van der Waals surface area contributed by atoms with Crippen LogP contribution in [0.3, 0.4) is 0 Å². The smallest absolute Gasteiger partial charge is 0.312 e. The number of nitrogens with zero attached hydrogens (tertiary/aromatic N) is 1. The molecule has 0 radical (unpaired) electrons. The molecule has 1 aliphatic carbocycles. The zero-order valence-electron chi connectivity index (χ0n) is 11.4. The van der Waals surface area contributed by atoms with E-state index in [9.17, 15) is 4.79 Å². The number of carbonyl (C=O) groups excluding carboxylic acids is 1. The molecule has 2 rings (SSSR count). The first-order valence-corrected chi connectivity index (χ1v) is 7.52. The molecular weight excluding hydrogens is 289 g/mol. The van der Waals surface area contributed by atoms with Crippen LogP contribution in [0, 0.1) is 11.8 Å². The van der Waals surface area contributed by atoms with Crippen molar-refractivity contribution in [1.82, 2.24) is 4.90 Å². The Morgan fingerprint density at radius 3 is 2.79 bits per heavy atom. The van der Waals surface area contributed by atoms with Gasteiger partial charge in [-0.05, 0) is 12.3 Å². The van der Waals surface area contributed by atoms with Gasteiger partial charge in [-0.15, -0.1) is 23.2 Å². The summed E-state index contributed by atoms with van der Waals surface area (Å²) in [5.41, 5.74) is 0. The largest absolute Gasteiger partial charge is 0.463 e. The van der Waals surface area contributed by atoms with Crippen LogP contribution in [0.1, 0.15) is 20.3 Å². The van der Waals surface area contributed by atoms with E-state index in [1.165, 1.54) is 0 Å². The van der Waals surface area contributed by atoms with Gasteiger partial charge in [-0.1, -0.05) is 13.8 Å². The lowest BCUT2D eigenvalue weighted by Gasteiger charge is -2.33. The normalized spacial score (nSPS) is 30.4. The highest BCUT2D eigenvalue weighted by molar-refractivity contribution is 6.52. The molecule has 1 aliphatic heterocycles. The maximum Gasteiger partial charge on any atom is 0.312 e. The summed E-state index contributed by atoms with van der Waals surface area (Å²) in [4.78, 5) is 14.0. The van der Waals surface area contributed by atoms with Crippen molar-refractivity contribution < 1.29 is 14.3 Å². The van der Waals surface area contributed by atoms with Crippen LogP contribution in [0.2, 0.25) is 0 Å². The summed E-state index contributed by atoms with van der Waals surface area (Å²) in [5.74, 6) is -0.0540. The van der Waals surface area contributed by atoms with Crippen molar-refractivity contribution in [3.8, 4) is 0 Å². The molecule has 19 heavy (non-hydrogen) atoms. The molecule has 0 N–H and O–H groups in total. The molecule has 2 atom stereocenters. The molecule has 2 unspecified atom stereocenters. The van der Waals surface area contributed by atoms with E-state index in [4.69, 9.17) is 32.7 Å². The predicted molar refractivity (Wildman–Crippen MR) is 74.5 cm³/mol. The summed E-state index contributed by atoms with van der Waals surface area (Å²) in [7, 11) is 0. The van der Waals surface area contributed by atoms with E-state index in [-0.39, 0.29) is 24.6 Å². The molecule has 1 heterocycles. The molecule has 0 aromatic rings. The lowest BCUT2D eigenvalue weighted by molar-refractivity contribution is -0.152. The highest BCUT2D eigenvalue weighted by atomic mass is 35.5. The molecule has 0 bridgehead atoms. The van der Waals surface area contributed by atoms with E-state index in [1.807, 2.05) is 0 Å². The van der Waals surface area contributed by atoms with Gasteiger partial charge in [0.05, 0.1) is 12.5 Å². The van der Waals surface area contributed by atoms with Crippen molar-refractivity contribution in [2.24, 2.45) is 11.8 Å². The van der Waals surface area contributed by atoms with Crippen LogP contribution in [0.4, 0.5) is 0 Å². The Morgan fingerprint density at radius 2 is 2.21 bits per heavy atom. The van der Waals surface area contributed by atoms with Crippen molar-refractivity contribution in [1.29, 1.82) is 0 Å². The minimum Gasteiger partial charge on any atom is -0.463 e. The molecule has 0 amide bonds. The Balaban J connectivity index is 1.69. The highest BCUT2D eigenvalue weighted by Gasteiger charge is 2.57. The maximum absolute atomic E-state index is 11.7. The van der Waals surface area contributed by atoms with E-state index in [0.29, 0.717) is 18.9 Å². The SMILES string of the molecule is CC(C)CN1CCOC(COC(=O)C2CC2(Cl)Cl)C1. The average molecular weight is 310 g/mol. The molecule has 6 heteroatoms. The van der Waals surface area contributed by atoms with E-state index in [0.717, 1.165) is 19.6 Å². The molecule has 0 aromatic heterocycles. The van der Waals surface area contributed by atoms with Crippen molar-refractivity contribution in [3.63, 3.8) is 0 Å². The standard InChI is InChI=1S/C13H21Cl2NO3/c1-9(2)6-16-3-4-18-10(7-16)8-19-12(17)11-5-13(11,14)15/h9-11H,3-8H2,1-2H3. The maximum atomic E-state index is 11.7. The van der Waals surface area contributed by atoms with Crippen molar-refractivity contribution >= 4 is 29.2 Å². The second-order valence-electron chi connectivity index (χ2n) is 5.79. The van der Waals surface area contributed by atoms with Gasteiger partial charge in [-0.2, -0.15) is 0 Å². The van der Waals surface area contributed by atoms with Crippen molar-refractivity contribution in [2.75, 3.05) is 32.8 Å². The summed E-state index contributed by atoms with van der Waals surface area (Å²) < 4.78 is 9.93. The van der Waals surface area contributed by atoms with Crippen LogP contribution < -0.4 is 0 Å². The summed E-state index contributed by atoms with van der Waals surface area (Å²) in [6.07, 6.45) is 0.440. The Kier molecular flexibility index (Phi) is 4.99. The van der Waals surface area contributed by atoms with Crippen LogP contribution in [0.25, 0.3) is 0 Å². The Hall–Kier alpha value is -0.0300. The summed E-state index contributed by atoms with van der Waals surface area (Å²) in [6, 6.07) is 0. The Bertz CT molecular complexity index is 336. The minimum absolute atomic E-state index is 0.0461. The molecule has 1 saturated carbocycles. The van der Waals surface area contributed by atoms with Gasteiger partial charge in [-0.25, -0.2) is 0 Å². The second-order valence-corrected chi connectivity index (χ2v) is 7.34. The summed E-state index contributed by atoms with van der Waals surface area (Å²) in [5, 5.41) is 0. The van der Waals surface area contributed by atoms with E-state index >= 15 is 0 Å². The predicted octanol–water partition coefficient (Wildman–Crippen LogP) is 2.08. The second kappa shape index (κ2) is 6.17. The first-order valence-electron chi connectivity index (χ1n) is 6.77. The number of halogens is 2. The molecule has 0 spiro atoms. The number of rotatable bonds is 5. The van der Waals surface area contributed by atoms with Gasteiger partial charge in [0.1, 0.15) is 17.0 Å². The topological polar surface area (TPSA) is 38.8 Å². The fourth-order valence-corrected chi connectivity index (χ4v) is 2.79. The first-order chi connectivity index (χ1) is 8.88. The average Bonchev–Trinajstić information content (AvgIpc) is 2.95. The molecule has 2 fully saturated rings. The van der Waals surface area contributed by atoms with Crippen LogP contribution in [0.5, 0.6) is 0 Å². The molecular formula is C13H21Cl2NO3. The monoisotopic (exact) mass is 309 g/mol. The van der Waals surface area contributed by atoms with Crippen LogP contribution >= 0.6 is 23.2 Å². The van der Waals surface area contributed by atoms with Crippen LogP contribution in [0.15, 0.2) is 0 Å². The Labute approximate surface area is 124 Å². The van der Waals surface area contributed by atoms with Gasteiger partial charge in [-0.3, -0.25) is 9.69 Å². The van der Waals surface area contributed by atoms with E-state index in [1.54, 1.807) is 0 Å². The lowest BCUT2D eigenvalue weighted by atomic mass is 10.2. The zero-order chi connectivity index (χ0) is 14.0. The molecule has 2 aliphatic rings. The van der Waals surface area contributed by atoms with Gasteiger partial charge >= 0.3 is 5.97 Å². The lowest BCUT2D eigenvalue weighted by Crippen LogP contribution is -2.46. The number of carbonyl (C=O) groups is 1. The number of hydrogen-bond acceptors (Lipinski definition) is 4. The van der Waals surface area contributed by atoms with Crippen molar-refractivity contribution in [3.05, 3.63) is 0 Å². The summed E-state index contributed by atoms with van der Waals surface area (Å²) >= 11 is 11.7. The molecule has 1 saturated heterocycles. The Morgan fingerprint density at radius 1 is 1.53 bits per heavy atom. The molecule has 0 aromatic carbocycles. The first kappa shape index (κ1) is 15.4. The van der Waals surface area contributed by atoms with Crippen molar-refractivity contribution in [2.45, 2.75) is 30.7 Å². The van der Waals surface area contributed by atoms with Gasteiger partial charge < -0.3 is 9.47 Å². The number of ether oxygens (including phenoxy) is 2. The van der Waals surface area contributed by atoms with E-state index < -0.39 is 4.33 Å². The van der Waals surface area contributed by atoms with Crippen LogP contribution in [-0.4, -0.2) is 54.2 Å². The molecule has 4 nitrogen and oxygen atoms in total. The minimum atomic E-state index is -0.909. The summed E-state index contributed by atoms with van der Waals surface area (Å²) in [6.45, 7) is 8.15. The van der Waals surface area contributed by atoms with Crippen LogP contribution in [-0.2, 0) is 14.3 Å². The number of esters is 1. The zero-order valence-corrected chi connectivity index (χ0v) is 12.9.